The minimum atomic E-state index is -3.34. The van der Waals surface area contributed by atoms with Crippen LogP contribution in [0.4, 0.5) is 5.69 Å². The second kappa shape index (κ2) is 4.90. The first kappa shape index (κ1) is 13.4. The number of rotatable bonds is 5. The van der Waals surface area contributed by atoms with E-state index in [-0.39, 0.29) is 0 Å². The van der Waals surface area contributed by atoms with E-state index in [9.17, 15) is 8.42 Å². The predicted molar refractivity (Wildman–Crippen MR) is 73.1 cm³/mol. The fraction of sp³-hybridized carbons (Fsp3) is 0.538. The van der Waals surface area contributed by atoms with Crippen LogP contribution in [0.5, 0.6) is 0 Å². The number of benzene rings is 1. The van der Waals surface area contributed by atoms with Gasteiger partial charge in [-0.1, -0.05) is 6.92 Å². The highest BCUT2D eigenvalue weighted by atomic mass is 32.2. The molecule has 2 unspecified atom stereocenters. The Bertz CT molecular complexity index is 510. The van der Waals surface area contributed by atoms with E-state index in [4.69, 9.17) is 0 Å². The Morgan fingerprint density at radius 2 is 1.89 bits per heavy atom. The van der Waals surface area contributed by atoms with Crippen molar-refractivity contribution in [1.82, 2.24) is 4.31 Å². The van der Waals surface area contributed by atoms with Crippen LogP contribution in [0.25, 0.3) is 0 Å². The van der Waals surface area contributed by atoms with Crippen molar-refractivity contribution in [3.8, 4) is 0 Å². The highest BCUT2D eigenvalue weighted by Crippen LogP contribution is 2.38. The van der Waals surface area contributed by atoms with Crippen LogP contribution in [-0.4, -0.2) is 33.4 Å². The van der Waals surface area contributed by atoms with Gasteiger partial charge in [0, 0.05) is 26.3 Å². The van der Waals surface area contributed by atoms with E-state index in [1.165, 1.54) is 4.31 Å². The molecule has 0 spiro atoms. The molecule has 2 atom stereocenters. The fourth-order valence-corrected chi connectivity index (χ4v) is 3.28. The maximum Gasteiger partial charge on any atom is 0.242 e. The molecule has 0 aromatic heterocycles. The van der Waals surface area contributed by atoms with Gasteiger partial charge in [0.2, 0.25) is 10.0 Å². The lowest BCUT2D eigenvalue weighted by Crippen LogP contribution is -2.29. The van der Waals surface area contributed by atoms with Gasteiger partial charge in [-0.05, 0) is 42.5 Å². The summed E-state index contributed by atoms with van der Waals surface area (Å²) in [4.78, 5) is 0.359. The smallest absolute Gasteiger partial charge is 0.242 e. The van der Waals surface area contributed by atoms with Crippen molar-refractivity contribution >= 4 is 15.7 Å². The summed E-state index contributed by atoms with van der Waals surface area (Å²) in [7, 11) is 0.132. The van der Waals surface area contributed by atoms with Gasteiger partial charge in [0.05, 0.1) is 4.90 Å². The summed E-state index contributed by atoms with van der Waals surface area (Å²) in [5.41, 5.74) is 0.910. The molecule has 0 radical (unpaired) electrons. The van der Waals surface area contributed by atoms with Crippen molar-refractivity contribution in [2.45, 2.75) is 18.2 Å². The van der Waals surface area contributed by atoms with Gasteiger partial charge in [-0.2, -0.15) is 0 Å². The van der Waals surface area contributed by atoms with Gasteiger partial charge in [-0.3, -0.25) is 0 Å². The molecule has 0 bridgehead atoms. The van der Waals surface area contributed by atoms with Crippen molar-refractivity contribution in [2.24, 2.45) is 11.8 Å². The number of nitrogens with one attached hydrogen (secondary N) is 1. The summed E-state index contributed by atoms with van der Waals surface area (Å²) >= 11 is 0. The van der Waals surface area contributed by atoms with E-state index in [0.717, 1.165) is 12.1 Å². The summed E-state index contributed by atoms with van der Waals surface area (Å²) < 4.78 is 26.1. The fourth-order valence-electron chi connectivity index (χ4n) is 2.06. The highest BCUT2D eigenvalue weighted by molar-refractivity contribution is 7.89. The second-order valence-electron chi connectivity index (χ2n) is 5.03. The molecule has 0 aliphatic heterocycles. The molecule has 4 nitrogen and oxygen atoms in total. The van der Waals surface area contributed by atoms with E-state index in [1.807, 2.05) is 7.05 Å². The Kier molecular flexibility index (Phi) is 3.64. The molecule has 1 aliphatic rings. The number of nitrogens with zero attached hydrogens (tertiary/aromatic N) is 1. The molecular formula is C13H20N2O2S. The van der Waals surface area contributed by atoms with Gasteiger partial charge in [-0.15, -0.1) is 0 Å². The largest absolute Gasteiger partial charge is 0.388 e. The van der Waals surface area contributed by atoms with Crippen molar-refractivity contribution in [3.63, 3.8) is 0 Å². The van der Waals surface area contributed by atoms with Gasteiger partial charge < -0.3 is 5.32 Å². The third-order valence-corrected chi connectivity index (χ3v) is 5.46. The first-order valence-electron chi connectivity index (χ1n) is 6.19. The van der Waals surface area contributed by atoms with Crippen LogP contribution in [0.3, 0.4) is 0 Å². The predicted octanol–water partition coefficient (Wildman–Crippen LogP) is 2.00. The number of hydrogen-bond acceptors (Lipinski definition) is 3. The zero-order valence-corrected chi connectivity index (χ0v) is 11.9. The Labute approximate surface area is 109 Å². The molecule has 18 heavy (non-hydrogen) atoms. The molecule has 0 saturated heterocycles. The van der Waals surface area contributed by atoms with Gasteiger partial charge in [-0.25, -0.2) is 12.7 Å². The van der Waals surface area contributed by atoms with Gasteiger partial charge in [0.15, 0.2) is 0 Å². The molecule has 0 amide bonds. The van der Waals surface area contributed by atoms with E-state index in [2.05, 4.69) is 12.2 Å². The lowest BCUT2D eigenvalue weighted by atomic mass is 10.3. The quantitative estimate of drug-likeness (QED) is 0.888. The first-order chi connectivity index (χ1) is 8.45. The molecule has 1 aromatic carbocycles. The minimum absolute atomic E-state index is 0.359. The Morgan fingerprint density at radius 1 is 1.33 bits per heavy atom. The van der Waals surface area contributed by atoms with Crippen molar-refractivity contribution in [2.75, 3.05) is 26.0 Å². The molecule has 1 N–H and O–H groups in total. The molecular weight excluding hydrogens is 248 g/mol. The summed E-state index contributed by atoms with van der Waals surface area (Å²) in [6.07, 6.45) is 1.14. The molecule has 2 rings (SSSR count). The monoisotopic (exact) mass is 268 g/mol. The zero-order chi connectivity index (χ0) is 13.3. The van der Waals surface area contributed by atoms with Crippen molar-refractivity contribution < 1.29 is 8.42 Å². The average molecular weight is 268 g/mol. The van der Waals surface area contributed by atoms with Crippen LogP contribution in [-0.2, 0) is 10.0 Å². The SMILES string of the molecule is CNc1ccc(S(=O)(=O)N(C)CC2CC2C)cc1. The topological polar surface area (TPSA) is 49.4 Å². The molecule has 100 valence electrons. The number of anilines is 1. The first-order valence-corrected chi connectivity index (χ1v) is 7.63. The second-order valence-corrected chi connectivity index (χ2v) is 7.08. The van der Waals surface area contributed by atoms with E-state index >= 15 is 0 Å². The van der Waals surface area contributed by atoms with E-state index < -0.39 is 10.0 Å². The lowest BCUT2D eigenvalue weighted by molar-refractivity contribution is 0.444. The molecule has 1 aliphatic carbocycles. The zero-order valence-electron chi connectivity index (χ0n) is 11.1. The average Bonchev–Trinajstić information content (AvgIpc) is 3.05. The third kappa shape index (κ3) is 2.67. The maximum atomic E-state index is 12.3. The van der Waals surface area contributed by atoms with E-state index in [0.29, 0.717) is 23.3 Å². The van der Waals surface area contributed by atoms with E-state index in [1.54, 1.807) is 31.3 Å². The van der Waals surface area contributed by atoms with Crippen molar-refractivity contribution in [1.29, 1.82) is 0 Å². The molecule has 0 heterocycles. The van der Waals surface area contributed by atoms with Crippen LogP contribution >= 0.6 is 0 Å². The molecule has 1 aromatic rings. The lowest BCUT2D eigenvalue weighted by Gasteiger charge is -2.17. The summed E-state index contributed by atoms with van der Waals surface area (Å²) in [6.45, 7) is 2.78. The Hall–Kier alpha value is -1.07. The van der Waals surface area contributed by atoms with Crippen LogP contribution in [0.1, 0.15) is 13.3 Å². The maximum absolute atomic E-state index is 12.3. The van der Waals surface area contributed by atoms with Crippen LogP contribution in [0.2, 0.25) is 0 Å². The summed E-state index contributed by atoms with van der Waals surface area (Å²) in [5, 5.41) is 2.97. The molecule has 5 heteroatoms. The van der Waals surface area contributed by atoms with Gasteiger partial charge in [0.1, 0.15) is 0 Å². The molecule has 1 fully saturated rings. The van der Waals surface area contributed by atoms with Crippen LogP contribution < -0.4 is 5.32 Å². The summed E-state index contributed by atoms with van der Waals surface area (Å²) in [5.74, 6) is 1.19. The summed E-state index contributed by atoms with van der Waals surface area (Å²) in [6, 6.07) is 6.85. The number of hydrogen-bond donors (Lipinski definition) is 1. The minimum Gasteiger partial charge on any atom is -0.388 e. The Balaban J connectivity index is 2.13. The Morgan fingerprint density at radius 3 is 2.33 bits per heavy atom. The van der Waals surface area contributed by atoms with Crippen molar-refractivity contribution in [3.05, 3.63) is 24.3 Å². The van der Waals surface area contributed by atoms with Gasteiger partial charge >= 0.3 is 0 Å². The molecule has 1 saturated carbocycles. The highest BCUT2D eigenvalue weighted by Gasteiger charge is 2.36. The third-order valence-electron chi connectivity index (χ3n) is 3.62. The standard InChI is InChI=1S/C13H20N2O2S/c1-10-8-11(10)9-15(3)18(16,17)13-6-4-12(14-2)5-7-13/h4-7,10-11,14H,8-9H2,1-3H3. The number of sulfonamides is 1. The van der Waals surface area contributed by atoms with Crippen LogP contribution in [0.15, 0.2) is 29.2 Å². The van der Waals surface area contributed by atoms with Gasteiger partial charge in [0.25, 0.3) is 0 Å². The normalized spacial score (nSPS) is 23.1. The van der Waals surface area contributed by atoms with Crippen LogP contribution in [0, 0.1) is 11.8 Å².